The summed E-state index contributed by atoms with van der Waals surface area (Å²) in [5.41, 5.74) is 1.63. The number of rotatable bonds is 12. The highest BCUT2D eigenvalue weighted by molar-refractivity contribution is 5.85. The van der Waals surface area contributed by atoms with E-state index in [4.69, 9.17) is 9.47 Å². The summed E-state index contributed by atoms with van der Waals surface area (Å²) in [6.07, 6.45) is 1.51. The number of hydrogen-bond donors (Lipinski definition) is 4. The molecule has 3 aromatic rings. The third-order valence-corrected chi connectivity index (χ3v) is 4.69. The van der Waals surface area contributed by atoms with E-state index in [0.29, 0.717) is 35.9 Å². The lowest BCUT2D eigenvalue weighted by molar-refractivity contribution is 0.0997. The van der Waals surface area contributed by atoms with Crippen LogP contribution in [0.4, 0.5) is 0 Å². The number of aliphatic hydroxyl groups is 3. The average Bonchev–Trinajstić information content (AvgIpc) is 2.82. The largest absolute Gasteiger partial charge is 0.491 e. The maximum absolute atomic E-state index is 10.1. The number of nitrogens with one attached hydrogen (secondary N) is 1. The van der Waals surface area contributed by atoms with Crippen molar-refractivity contribution in [2.75, 3.05) is 19.8 Å². The number of aromatic nitrogens is 1. The van der Waals surface area contributed by atoms with Crippen molar-refractivity contribution in [1.82, 2.24) is 10.3 Å². The van der Waals surface area contributed by atoms with Crippen molar-refractivity contribution in [2.45, 2.75) is 25.2 Å². The van der Waals surface area contributed by atoms with Crippen LogP contribution in [-0.2, 0) is 13.0 Å². The van der Waals surface area contributed by atoms with Crippen LogP contribution in [0.5, 0.6) is 17.4 Å². The summed E-state index contributed by atoms with van der Waals surface area (Å²) in [5, 5.41) is 32.4. The van der Waals surface area contributed by atoms with E-state index < -0.39 is 6.10 Å². The Balaban J connectivity index is 0.00000363. The maximum atomic E-state index is 10.1. The van der Waals surface area contributed by atoms with E-state index in [1.54, 1.807) is 18.3 Å². The molecular formula is C24H29ClN2O5. The van der Waals surface area contributed by atoms with Crippen LogP contribution in [0.3, 0.4) is 0 Å². The van der Waals surface area contributed by atoms with Gasteiger partial charge in [0.25, 0.3) is 0 Å². The third-order valence-electron chi connectivity index (χ3n) is 4.69. The molecule has 1 unspecified atom stereocenters. The van der Waals surface area contributed by atoms with Crippen LogP contribution in [0.1, 0.15) is 11.1 Å². The maximum Gasteiger partial charge on any atom is 0.224 e. The molecule has 1 heterocycles. The van der Waals surface area contributed by atoms with E-state index in [1.165, 1.54) is 0 Å². The molecular weight excluding hydrogens is 432 g/mol. The van der Waals surface area contributed by atoms with Gasteiger partial charge in [-0.2, -0.15) is 0 Å². The van der Waals surface area contributed by atoms with Gasteiger partial charge in [0.05, 0.1) is 13.2 Å². The van der Waals surface area contributed by atoms with E-state index in [0.717, 1.165) is 5.56 Å². The average molecular weight is 461 g/mol. The number of nitrogens with zero attached hydrogens (tertiary/aromatic N) is 1. The molecule has 1 aromatic heterocycles. The highest BCUT2D eigenvalue weighted by atomic mass is 35.5. The van der Waals surface area contributed by atoms with Crippen LogP contribution in [0.25, 0.3) is 0 Å². The minimum Gasteiger partial charge on any atom is -0.491 e. The van der Waals surface area contributed by atoms with Crippen LogP contribution in [-0.4, -0.2) is 52.2 Å². The quantitative estimate of drug-likeness (QED) is 0.329. The summed E-state index contributed by atoms with van der Waals surface area (Å²) in [6, 6.07) is 20.1. The zero-order valence-electron chi connectivity index (χ0n) is 17.6. The topological polar surface area (TPSA) is 104 Å². The van der Waals surface area contributed by atoms with Crippen molar-refractivity contribution in [2.24, 2.45) is 0 Å². The van der Waals surface area contributed by atoms with Gasteiger partial charge in [0, 0.05) is 24.3 Å². The second-order valence-electron chi connectivity index (χ2n) is 7.14. The third kappa shape index (κ3) is 8.11. The summed E-state index contributed by atoms with van der Waals surface area (Å²) in [5.74, 6) is 1.69. The van der Waals surface area contributed by atoms with Crippen molar-refractivity contribution in [3.8, 4) is 17.4 Å². The minimum atomic E-state index is -0.691. The number of halogens is 1. The SMILES string of the molecule is Cl.OCc1cccnc1Oc1ccc(C[C@@H](CO)NCC(O)COc2ccccc2)cc1. The van der Waals surface area contributed by atoms with Crippen LogP contribution in [0.2, 0.25) is 0 Å². The van der Waals surface area contributed by atoms with E-state index >= 15 is 0 Å². The first-order valence-corrected chi connectivity index (χ1v) is 10.2. The number of aliphatic hydroxyl groups excluding tert-OH is 3. The Bertz CT molecular complexity index is 912. The van der Waals surface area contributed by atoms with Gasteiger partial charge in [-0.05, 0) is 48.4 Å². The molecule has 0 spiro atoms. The second kappa shape index (κ2) is 13.7. The predicted molar refractivity (Wildman–Crippen MR) is 124 cm³/mol. The molecule has 4 N–H and O–H groups in total. The molecule has 0 radical (unpaired) electrons. The van der Waals surface area contributed by atoms with Crippen molar-refractivity contribution in [1.29, 1.82) is 0 Å². The zero-order valence-corrected chi connectivity index (χ0v) is 18.4. The normalized spacial score (nSPS) is 12.5. The molecule has 0 amide bonds. The Morgan fingerprint density at radius 1 is 0.906 bits per heavy atom. The molecule has 0 aliphatic rings. The lowest BCUT2D eigenvalue weighted by atomic mass is 10.1. The Morgan fingerprint density at radius 2 is 1.66 bits per heavy atom. The number of hydrogen-bond acceptors (Lipinski definition) is 7. The first kappa shape index (κ1) is 25.6. The van der Waals surface area contributed by atoms with Crippen LogP contribution >= 0.6 is 12.4 Å². The fourth-order valence-corrected chi connectivity index (χ4v) is 3.00. The Kier molecular flexibility index (Phi) is 10.9. The highest BCUT2D eigenvalue weighted by Gasteiger charge is 2.12. The second-order valence-corrected chi connectivity index (χ2v) is 7.14. The molecule has 2 aromatic carbocycles. The molecule has 172 valence electrons. The first-order chi connectivity index (χ1) is 15.2. The smallest absolute Gasteiger partial charge is 0.224 e. The highest BCUT2D eigenvalue weighted by Crippen LogP contribution is 2.23. The van der Waals surface area contributed by atoms with Gasteiger partial charge in [-0.1, -0.05) is 30.3 Å². The van der Waals surface area contributed by atoms with Crippen LogP contribution < -0.4 is 14.8 Å². The van der Waals surface area contributed by atoms with Gasteiger partial charge in [0.1, 0.15) is 24.2 Å². The number of ether oxygens (including phenoxy) is 2. The first-order valence-electron chi connectivity index (χ1n) is 10.2. The molecule has 3 rings (SSSR count). The summed E-state index contributed by atoms with van der Waals surface area (Å²) < 4.78 is 11.3. The van der Waals surface area contributed by atoms with Crippen molar-refractivity contribution in [3.05, 3.63) is 84.1 Å². The van der Waals surface area contributed by atoms with Crippen molar-refractivity contribution < 1.29 is 24.8 Å². The van der Waals surface area contributed by atoms with E-state index in [2.05, 4.69) is 10.3 Å². The molecule has 0 saturated carbocycles. The molecule has 0 aliphatic heterocycles. The van der Waals surface area contributed by atoms with Crippen molar-refractivity contribution >= 4 is 12.4 Å². The number of para-hydroxylation sites is 1. The standard InChI is InChI=1S/C24H28N2O5.ClH/c27-15-19-5-4-12-25-24(19)31-23-10-8-18(9-11-23)13-20(16-28)26-14-21(29)17-30-22-6-2-1-3-7-22;/h1-12,20-21,26-29H,13-17H2;1H/t20-,21?;/m0./s1. The zero-order chi connectivity index (χ0) is 21.9. The Morgan fingerprint density at radius 3 is 2.34 bits per heavy atom. The van der Waals surface area contributed by atoms with Crippen LogP contribution in [0, 0.1) is 0 Å². The molecule has 8 heteroatoms. The molecule has 7 nitrogen and oxygen atoms in total. The van der Waals surface area contributed by atoms with E-state index in [9.17, 15) is 15.3 Å². The van der Waals surface area contributed by atoms with Gasteiger partial charge >= 0.3 is 0 Å². The molecule has 0 aliphatic carbocycles. The number of benzene rings is 2. The lowest BCUT2D eigenvalue weighted by Crippen LogP contribution is -2.41. The van der Waals surface area contributed by atoms with Crippen LogP contribution in [0.15, 0.2) is 72.9 Å². The Hall–Kier alpha value is -2.68. The summed E-state index contributed by atoms with van der Waals surface area (Å²) in [4.78, 5) is 4.14. The minimum absolute atomic E-state index is 0. The number of pyridine rings is 1. The van der Waals surface area contributed by atoms with Crippen molar-refractivity contribution in [3.63, 3.8) is 0 Å². The monoisotopic (exact) mass is 460 g/mol. The fraction of sp³-hybridized carbons (Fsp3) is 0.292. The van der Waals surface area contributed by atoms with Gasteiger partial charge in [-0.3, -0.25) is 0 Å². The van der Waals surface area contributed by atoms with Gasteiger partial charge in [-0.25, -0.2) is 4.98 Å². The summed E-state index contributed by atoms with van der Waals surface area (Å²) in [6.45, 7) is 0.277. The van der Waals surface area contributed by atoms with Gasteiger partial charge in [-0.15, -0.1) is 12.4 Å². The van der Waals surface area contributed by atoms with E-state index in [-0.39, 0.29) is 38.3 Å². The molecule has 0 saturated heterocycles. The molecule has 0 bridgehead atoms. The summed E-state index contributed by atoms with van der Waals surface area (Å²) >= 11 is 0. The van der Waals surface area contributed by atoms with Gasteiger partial charge < -0.3 is 30.1 Å². The van der Waals surface area contributed by atoms with Gasteiger partial charge in [0.15, 0.2) is 0 Å². The van der Waals surface area contributed by atoms with E-state index in [1.807, 2.05) is 54.6 Å². The Labute approximate surface area is 194 Å². The lowest BCUT2D eigenvalue weighted by Gasteiger charge is -2.19. The molecule has 0 fully saturated rings. The fourth-order valence-electron chi connectivity index (χ4n) is 3.00. The summed E-state index contributed by atoms with van der Waals surface area (Å²) in [7, 11) is 0. The molecule has 2 atom stereocenters. The molecule has 32 heavy (non-hydrogen) atoms. The van der Waals surface area contributed by atoms with Gasteiger partial charge in [0.2, 0.25) is 5.88 Å². The predicted octanol–water partition coefficient (Wildman–Crippen LogP) is 2.72.